The minimum atomic E-state index is -1.70. The lowest BCUT2D eigenvalue weighted by Crippen LogP contribution is -2.41. The number of nitrogens with zero attached hydrogens (tertiary/aromatic N) is 1. The van der Waals surface area contributed by atoms with Gasteiger partial charge < -0.3 is 33.9 Å². The number of hydrogen-bond acceptors (Lipinski definition) is 9. The fourth-order valence-corrected chi connectivity index (χ4v) is 5.81. The first-order chi connectivity index (χ1) is 23.0. The van der Waals surface area contributed by atoms with Crippen molar-refractivity contribution in [2.45, 2.75) is 49.9 Å². The number of aromatic nitrogens is 2. The zero-order valence-electron chi connectivity index (χ0n) is 26.5. The van der Waals surface area contributed by atoms with E-state index >= 15 is 0 Å². The van der Waals surface area contributed by atoms with Crippen molar-refractivity contribution in [2.75, 3.05) is 20.8 Å². The fraction of sp³-hybridized carbons (Fsp3) is 0.314. The molecule has 5 rings (SSSR count). The number of aliphatic carboxylic acids is 2. The van der Waals surface area contributed by atoms with Crippen molar-refractivity contribution >= 4 is 11.9 Å². The standard InChI is InChI=1S/C35H36N2O11/c1-21-19-37(34(43)36-32(21)40)30-17-27(47-28(33(41)42)18-31(38)39)29(48-30)20-46-35(22-7-5-4-6-8-22,23-9-13-25(44-2)14-10-23)24-11-15-26(45-3)16-12-24/h4-16,19,27-30H,17-18,20H2,1-3H3,(H,38,39)(H,41,42)(H,36,40,43)/t27?,28?,29-,30-/m1/s1. The smallest absolute Gasteiger partial charge is 0.333 e. The lowest BCUT2D eigenvalue weighted by Gasteiger charge is -2.37. The number of carboxylic acids is 2. The zero-order chi connectivity index (χ0) is 34.4. The third-order valence-corrected chi connectivity index (χ3v) is 8.25. The highest BCUT2D eigenvalue weighted by Gasteiger charge is 2.44. The number of methoxy groups -OCH3 is 2. The Bertz CT molecular complexity index is 1790. The van der Waals surface area contributed by atoms with Crippen LogP contribution in [-0.4, -0.2) is 70.8 Å². The lowest BCUT2D eigenvalue weighted by molar-refractivity contribution is -0.166. The van der Waals surface area contributed by atoms with E-state index in [-0.39, 0.29) is 18.6 Å². The highest BCUT2D eigenvalue weighted by molar-refractivity contribution is 5.79. The van der Waals surface area contributed by atoms with E-state index in [1.165, 1.54) is 17.7 Å². The molecule has 3 aromatic carbocycles. The zero-order valence-corrected chi connectivity index (χ0v) is 26.5. The first-order valence-corrected chi connectivity index (χ1v) is 15.1. The number of benzene rings is 3. The van der Waals surface area contributed by atoms with Crippen LogP contribution < -0.4 is 20.7 Å². The number of aromatic amines is 1. The lowest BCUT2D eigenvalue weighted by atomic mass is 9.80. The third-order valence-electron chi connectivity index (χ3n) is 8.25. The van der Waals surface area contributed by atoms with E-state index in [2.05, 4.69) is 4.98 Å². The van der Waals surface area contributed by atoms with E-state index in [1.807, 2.05) is 78.9 Å². The second-order valence-corrected chi connectivity index (χ2v) is 11.3. The van der Waals surface area contributed by atoms with Crippen molar-refractivity contribution in [3.05, 3.63) is 128 Å². The summed E-state index contributed by atoms with van der Waals surface area (Å²) in [6.07, 6.45) is -4.17. The highest BCUT2D eigenvalue weighted by atomic mass is 16.6. The van der Waals surface area contributed by atoms with Gasteiger partial charge in [-0.25, -0.2) is 9.59 Å². The van der Waals surface area contributed by atoms with E-state index in [9.17, 15) is 29.4 Å². The maximum Gasteiger partial charge on any atom is 0.333 e. The van der Waals surface area contributed by atoms with Gasteiger partial charge in [0.2, 0.25) is 0 Å². The summed E-state index contributed by atoms with van der Waals surface area (Å²) < 4.78 is 31.1. The van der Waals surface area contributed by atoms with E-state index in [0.717, 1.165) is 16.7 Å². The second-order valence-electron chi connectivity index (χ2n) is 11.3. The molecule has 0 bridgehead atoms. The van der Waals surface area contributed by atoms with Gasteiger partial charge in [0.15, 0.2) is 6.10 Å². The van der Waals surface area contributed by atoms with Crippen LogP contribution in [0.15, 0.2) is 94.6 Å². The summed E-state index contributed by atoms with van der Waals surface area (Å²) in [5, 5.41) is 19.1. The molecule has 1 aliphatic rings. The largest absolute Gasteiger partial charge is 0.497 e. The molecule has 4 atom stereocenters. The van der Waals surface area contributed by atoms with Gasteiger partial charge >= 0.3 is 17.6 Å². The Morgan fingerprint density at radius 3 is 2.00 bits per heavy atom. The van der Waals surface area contributed by atoms with Crippen LogP contribution in [0.3, 0.4) is 0 Å². The average molecular weight is 661 g/mol. The van der Waals surface area contributed by atoms with Crippen LogP contribution in [-0.2, 0) is 29.4 Å². The molecule has 0 radical (unpaired) electrons. The summed E-state index contributed by atoms with van der Waals surface area (Å²) in [5.41, 5.74) is -0.0696. The Morgan fingerprint density at radius 2 is 1.48 bits per heavy atom. The molecule has 1 aromatic heterocycles. The molecule has 13 nitrogen and oxygen atoms in total. The monoisotopic (exact) mass is 660 g/mol. The second kappa shape index (κ2) is 14.7. The summed E-state index contributed by atoms with van der Waals surface area (Å²) in [4.78, 5) is 50.6. The van der Waals surface area contributed by atoms with Gasteiger partial charge in [-0.2, -0.15) is 0 Å². The van der Waals surface area contributed by atoms with Crippen LogP contribution in [0.25, 0.3) is 0 Å². The topological polar surface area (TPSA) is 176 Å². The molecule has 0 amide bonds. The summed E-state index contributed by atoms with van der Waals surface area (Å²) >= 11 is 0. The summed E-state index contributed by atoms with van der Waals surface area (Å²) in [6, 6.07) is 24.2. The molecule has 48 heavy (non-hydrogen) atoms. The number of nitrogens with one attached hydrogen (secondary N) is 1. The van der Waals surface area contributed by atoms with Gasteiger partial charge in [-0.05, 0) is 47.9 Å². The van der Waals surface area contributed by atoms with E-state index in [0.29, 0.717) is 11.5 Å². The van der Waals surface area contributed by atoms with Gasteiger partial charge in [0.1, 0.15) is 29.4 Å². The van der Waals surface area contributed by atoms with Gasteiger partial charge in [-0.1, -0.05) is 54.6 Å². The van der Waals surface area contributed by atoms with Crippen LogP contribution >= 0.6 is 0 Å². The Labute approximate surface area is 275 Å². The predicted molar refractivity (Wildman–Crippen MR) is 171 cm³/mol. The summed E-state index contributed by atoms with van der Waals surface area (Å²) in [7, 11) is 3.13. The molecular weight excluding hydrogens is 624 g/mol. The summed E-state index contributed by atoms with van der Waals surface area (Å²) in [6.45, 7) is 1.34. The molecule has 0 saturated carbocycles. The molecule has 3 N–H and O–H groups in total. The van der Waals surface area contributed by atoms with Crippen molar-refractivity contribution in [1.82, 2.24) is 9.55 Å². The maximum absolute atomic E-state index is 12.8. The van der Waals surface area contributed by atoms with E-state index < -0.39 is 59.7 Å². The Hall–Kier alpha value is -5.24. The number of hydrogen-bond donors (Lipinski definition) is 3. The molecule has 0 spiro atoms. The highest BCUT2D eigenvalue weighted by Crippen LogP contribution is 2.43. The minimum absolute atomic E-state index is 0.0355. The van der Waals surface area contributed by atoms with E-state index in [4.69, 9.17) is 23.7 Å². The van der Waals surface area contributed by atoms with Crippen molar-refractivity contribution in [3.8, 4) is 11.5 Å². The first kappa shape index (κ1) is 34.1. The van der Waals surface area contributed by atoms with Crippen molar-refractivity contribution in [3.63, 3.8) is 0 Å². The Balaban J connectivity index is 1.59. The maximum atomic E-state index is 12.8. The van der Waals surface area contributed by atoms with Gasteiger partial charge in [0.05, 0.1) is 33.4 Å². The average Bonchev–Trinajstić information content (AvgIpc) is 3.49. The minimum Gasteiger partial charge on any atom is -0.497 e. The van der Waals surface area contributed by atoms with Gasteiger partial charge in [0, 0.05) is 18.2 Å². The molecule has 0 aliphatic carbocycles. The molecule has 1 fully saturated rings. The fourth-order valence-electron chi connectivity index (χ4n) is 5.81. The summed E-state index contributed by atoms with van der Waals surface area (Å²) in [5.74, 6) is -1.57. The molecule has 2 heterocycles. The van der Waals surface area contributed by atoms with Gasteiger partial charge in [-0.15, -0.1) is 0 Å². The van der Waals surface area contributed by atoms with Gasteiger partial charge in [0.25, 0.3) is 5.56 Å². The Morgan fingerprint density at radius 1 is 0.917 bits per heavy atom. The number of carbonyl (C=O) groups is 2. The quantitative estimate of drug-likeness (QED) is 0.169. The van der Waals surface area contributed by atoms with Crippen molar-refractivity contribution in [2.24, 2.45) is 0 Å². The first-order valence-electron chi connectivity index (χ1n) is 15.1. The number of carboxylic acid groups (broad SMARTS) is 2. The molecule has 252 valence electrons. The predicted octanol–water partition coefficient (Wildman–Crippen LogP) is 3.47. The van der Waals surface area contributed by atoms with Crippen molar-refractivity contribution in [1.29, 1.82) is 0 Å². The third kappa shape index (κ3) is 7.18. The van der Waals surface area contributed by atoms with Crippen LogP contribution in [0.2, 0.25) is 0 Å². The molecular formula is C35H36N2O11. The van der Waals surface area contributed by atoms with E-state index in [1.54, 1.807) is 14.2 Å². The molecule has 2 unspecified atom stereocenters. The number of aryl methyl sites for hydroxylation is 1. The number of H-pyrrole nitrogens is 1. The SMILES string of the molecule is COc1ccc(C(OC[C@H]2O[C@@H](n3cc(C)c(=O)[nH]c3=O)CC2OC(CC(=O)O)C(=O)O)(c2ccccc2)c2ccc(OC)cc2)cc1. The van der Waals surface area contributed by atoms with Crippen molar-refractivity contribution < 1.29 is 43.5 Å². The van der Waals surface area contributed by atoms with Crippen LogP contribution in [0, 0.1) is 6.92 Å². The number of rotatable bonds is 14. The normalized spacial score (nSPS) is 18.3. The number of ether oxygens (including phenoxy) is 5. The van der Waals surface area contributed by atoms with Gasteiger partial charge in [-0.3, -0.25) is 19.1 Å². The molecule has 4 aromatic rings. The van der Waals surface area contributed by atoms with Crippen LogP contribution in [0.1, 0.15) is 41.3 Å². The molecule has 1 aliphatic heterocycles. The Kier molecular flexibility index (Phi) is 10.4. The van der Waals surface area contributed by atoms with Crippen LogP contribution in [0.4, 0.5) is 0 Å². The van der Waals surface area contributed by atoms with Crippen LogP contribution in [0.5, 0.6) is 11.5 Å². The molecule has 13 heteroatoms. The molecule has 1 saturated heterocycles.